The summed E-state index contributed by atoms with van der Waals surface area (Å²) >= 11 is 0. The van der Waals surface area contributed by atoms with Crippen molar-refractivity contribution in [2.45, 2.75) is 26.8 Å². The van der Waals surface area contributed by atoms with Crippen LogP contribution >= 0.6 is 0 Å². The number of methoxy groups -OCH3 is 1. The van der Waals surface area contributed by atoms with E-state index in [9.17, 15) is 14.7 Å². The molecule has 3 N–H and O–H groups in total. The summed E-state index contributed by atoms with van der Waals surface area (Å²) in [4.78, 5) is 24.3. The highest BCUT2D eigenvalue weighted by molar-refractivity contribution is 6.39. The molecule has 0 aliphatic carbocycles. The number of phenols is 1. The van der Waals surface area contributed by atoms with Crippen LogP contribution in [0.5, 0.6) is 11.5 Å². The number of anilines is 1. The molecule has 6 nitrogen and oxygen atoms in total. The highest BCUT2D eigenvalue weighted by Gasteiger charge is 2.20. The van der Waals surface area contributed by atoms with Gasteiger partial charge in [-0.1, -0.05) is 12.1 Å². The minimum absolute atomic E-state index is 0.0172. The first kappa shape index (κ1) is 18.3. The minimum Gasteiger partial charge on any atom is -0.508 e. The quantitative estimate of drug-likeness (QED) is 0.746. The summed E-state index contributed by atoms with van der Waals surface area (Å²) in [5.74, 6) is -0.976. The molecule has 0 saturated heterocycles. The predicted octanol–water partition coefficient (Wildman–Crippen LogP) is 2.83. The number of benzene rings is 2. The number of carbonyl (C=O) groups excluding carboxylic acids is 2. The van der Waals surface area contributed by atoms with Crippen LogP contribution in [0.2, 0.25) is 0 Å². The zero-order valence-electron chi connectivity index (χ0n) is 14.7. The lowest BCUT2D eigenvalue weighted by molar-refractivity contribution is -0.136. The number of phenolic OH excluding ortho intramolecular Hbond substituents is 1. The zero-order valence-corrected chi connectivity index (χ0v) is 14.7. The normalized spacial score (nSPS) is 11.5. The number of aromatic hydroxyl groups is 1. The van der Waals surface area contributed by atoms with Gasteiger partial charge in [0.05, 0.1) is 13.2 Å². The smallest absolute Gasteiger partial charge is 0.313 e. The van der Waals surface area contributed by atoms with Crippen molar-refractivity contribution in [2.24, 2.45) is 0 Å². The number of nitrogens with one attached hydrogen (secondary N) is 2. The molecule has 0 bridgehead atoms. The SMILES string of the molecule is COc1ccc(O)c([C@@H](C)NC(=O)C(=O)Nc2cc(C)ccc2C)c1. The monoisotopic (exact) mass is 342 g/mol. The number of amides is 2. The number of ether oxygens (including phenoxy) is 1. The summed E-state index contributed by atoms with van der Waals surface area (Å²) in [5, 5.41) is 15.1. The van der Waals surface area contributed by atoms with Crippen LogP contribution in [0.4, 0.5) is 5.69 Å². The summed E-state index contributed by atoms with van der Waals surface area (Å²) in [7, 11) is 1.51. The Labute approximate surface area is 146 Å². The van der Waals surface area contributed by atoms with Crippen molar-refractivity contribution in [1.82, 2.24) is 5.32 Å². The molecule has 2 aromatic carbocycles. The van der Waals surface area contributed by atoms with E-state index in [-0.39, 0.29) is 5.75 Å². The van der Waals surface area contributed by atoms with Gasteiger partial charge in [0, 0.05) is 11.3 Å². The minimum atomic E-state index is -0.782. The topological polar surface area (TPSA) is 87.7 Å². The zero-order chi connectivity index (χ0) is 18.6. The highest BCUT2D eigenvalue weighted by atomic mass is 16.5. The number of rotatable bonds is 4. The van der Waals surface area contributed by atoms with Crippen molar-refractivity contribution in [3.05, 3.63) is 53.1 Å². The fraction of sp³-hybridized carbons (Fsp3) is 0.263. The number of hydrogen-bond acceptors (Lipinski definition) is 4. The first-order valence-electron chi connectivity index (χ1n) is 7.87. The molecule has 0 aliphatic rings. The Bertz CT molecular complexity index is 802. The Morgan fingerprint density at radius 1 is 1.08 bits per heavy atom. The lowest BCUT2D eigenvalue weighted by atomic mass is 10.1. The van der Waals surface area contributed by atoms with Crippen molar-refractivity contribution < 1.29 is 19.4 Å². The second-order valence-corrected chi connectivity index (χ2v) is 5.89. The molecule has 132 valence electrons. The van der Waals surface area contributed by atoms with E-state index in [1.54, 1.807) is 25.1 Å². The van der Waals surface area contributed by atoms with Crippen LogP contribution in [-0.2, 0) is 9.59 Å². The summed E-state index contributed by atoms with van der Waals surface area (Å²) < 4.78 is 5.11. The average Bonchev–Trinajstić information content (AvgIpc) is 2.58. The van der Waals surface area contributed by atoms with E-state index in [2.05, 4.69) is 10.6 Å². The van der Waals surface area contributed by atoms with E-state index < -0.39 is 17.9 Å². The molecule has 0 spiro atoms. The molecule has 0 aromatic heterocycles. The van der Waals surface area contributed by atoms with Gasteiger partial charge < -0.3 is 20.5 Å². The molecule has 6 heteroatoms. The molecule has 0 heterocycles. The fourth-order valence-electron chi connectivity index (χ4n) is 2.40. The van der Waals surface area contributed by atoms with Crippen LogP contribution in [0, 0.1) is 13.8 Å². The van der Waals surface area contributed by atoms with E-state index in [0.29, 0.717) is 17.0 Å². The van der Waals surface area contributed by atoms with Gasteiger partial charge in [0.25, 0.3) is 0 Å². The van der Waals surface area contributed by atoms with Crippen LogP contribution in [-0.4, -0.2) is 24.0 Å². The third-order valence-corrected chi connectivity index (χ3v) is 3.90. The van der Waals surface area contributed by atoms with Crippen LogP contribution in [0.3, 0.4) is 0 Å². The van der Waals surface area contributed by atoms with Crippen LogP contribution in [0.25, 0.3) is 0 Å². The van der Waals surface area contributed by atoms with Gasteiger partial charge in [-0.25, -0.2) is 0 Å². The Kier molecular flexibility index (Phi) is 5.64. The van der Waals surface area contributed by atoms with Gasteiger partial charge in [-0.05, 0) is 56.2 Å². The molecule has 1 atom stereocenters. The highest BCUT2D eigenvalue weighted by Crippen LogP contribution is 2.28. The molecule has 25 heavy (non-hydrogen) atoms. The average molecular weight is 342 g/mol. The Morgan fingerprint density at radius 3 is 2.48 bits per heavy atom. The summed E-state index contributed by atoms with van der Waals surface area (Å²) in [5.41, 5.74) is 2.91. The van der Waals surface area contributed by atoms with Gasteiger partial charge in [-0.2, -0.15) is 0 Å². The lowest BCUT2D eigenvalue weighted by Gasteiger charge is -2.16. The largest absolute Gasteiger partial charge is 0.508 e. The van der Waals surface area contributed by atoms with E-state index in [1.165, 1.54) is 13.2 Å². The molecule has 0 saturated carbocycles. The molecule has 0 aliphatic heterocycles. The summed E-state index contributed by atoms with van der Waals surface area (Å²) in [6.07, 6.45) is 0. The molecule has 0 radical (unpaired) electrons. The predicted molar refractivity (Wildman–Crippen MR) is 95.8 cm³/mol. The van der Waals surface area contributed by atoms with Crippen LogP contribution in [0.1, 0.15) is 29.7 Å². The van der Waals surface area contributed by atoms with Gasteiger partial charge >= 0.3 is 11.8 Å². The van der Waals surface area contributed by atoms with Crippen molar-refractivity contribution >= 4 is 17.5 Å². The number of hydrogen-bond donors (Lipinski definition) is 3. The molecule has 2 aromatic rings. The van der Waals surface area contributed by atoms with Crippen molar-refractivity contribution in [3.8, 4) is 11.5 Å². The lowest BCUT2D eigenvalue weighted by Crippen LogP contribution is -2.37. The Balaban J connectivity index is 2.08. The summed E-state index contributed by atoms with van der Waals surface area (Å²) in [6.45, 7) is 5.43. The van der Waals surface area contributed by atoms with Gasteiger partial charge in [0.2, 0.25) is 0 Å². The van der Waals surface area contributed by atoms with Gasteiger partial charge in [0.1, 0.15) is 11.5 Å². The van der Waals surface area contributed by atoms with Gasteiger partial charge in [-0.3, -0.25) is 9.59 Å². The molecule has 2 rings (SSSR count). The Morgan fingerprint density at radius 2 is 1.80 bits per heavy atom. The van der Waals surface area contributed by atoms with Crippen LogP contribution in [0.15, 0.2) is 36.4 Å². The molecule has 2 amide bonds. The fourth-order valence-corrected chi connectivity index (χ4v) is 2.40. The van der Waals surface area contributed by atoms with E-state index in [0.717, 1.165) is 11.1 Å². The maximum Gasteiger partial charge on any atom is 0.313 e. The van der Waals surface area contributed by atoms with Gasteiger partial charge in [0.15, 0.2) is 0 Å². The van der Waals surface area contributed by atoms with E-state index in [4.69, 9.17) is 4.74 Å². The standard InChI is InChI=1S/C19H22N2O4/c1-11-5-6-12(2)16(9-11)21-19(24)18(23)20-13(3)15-10-14(25-4)7-8-17(15)22/h5-10,13,22H,1-4H3,(H,20,23)(H,21,24)/t13-/m1/s1. The third-order valence-electron chi connectivity index (χ3n) is 3.90. The van der Waals surface area contributed by atoms with Crippen molar-refractivity contribution in [2.75, 3.05) is 12.4 Å². The van der Waals surface area contributed by atoms with Gasteiger partial charge in [-0.15, -0.1) is 0 Å². The van der Waals surface area contributed by atoms with E-state index >= 15 is 0 Å². The Hall–Kier alpha value is -3.02. The summed E-state index contributed by atoms with van der Waals surface area (Å²) in [6, 6.07) is 9.75. The van der Waals surface area contributed by atoms with Crippen molar-refractivity contribution in [3.63, 3.8) is 0 Å². The molecule has 0 fully saturated rings. The van der Waals surface area contributed by atoms with Crippen molar-refractivity contribution in [1.29, 1.82) is 0 Å². The van der Waals surface area contributed by atoms with E-state index in [1.807, 2.05) is 26.0 Å². The second kappa shape index (κ2) is 7.70. The van der Waals surface area contributed by atoms with Crippen LogP contribution < -0.4 is 15.4 Å². The molecular weight excluding hydrogens is 320 g/mol. The molecule has 0 unspecified atom stereocenters. The maximum atomic E-state index is 12.2. The second-order valence-electron chi connectivity index (χ2n) is 5.89. The first-order chi connectivity index (χ1) is 11.8. The maximum absolute atomic E-state index is 12.2. The first-order valence-corrected chi connectivity index (χ1v) is 7.87. The third kappa shape index (κ3) is 4.50. The number of carbonyl (C=O) groups is 2. The molecular formula is C19H22N2O4. The number of aryl methyl sites for hydroxylation is 2.